The summed E-state index contributed by atoms with van der Waals surface area (Å²) in [6.07, 6.45) is 2.09. The van der Waals surface area contributed by atoms with Gasteiger partial charge < -0.3 is 5.32 Å². The third kappa shape index (κ3) is 2.76. The van der Waals surface area contributed by atoms with Gasteiger partial charge in [-0.15, -0.1) is 0 Å². The Labute approximate surface area is 110 Å². The van der Waals surface area contributed by atoms with E-state index in [1.807, 2.05) is 19.9 Å². The molecule has 0 saturated carbocycles. The predicted molar refractivity (Wildman–Crippen MR) is 70.8 cm³/mol. The number of hydrogen-bond acceptors (Lipinski definition) is 3. The number of nitrogens with one attached hydrogen (secondary N) is 1. The first kappa shape index (κ1) is 12.8. The molecule has 0 aliphatic heterocycles. The molecule has 3 nitrogen and oxygen atoms in total. The van der Waals surface area contributed by atoms with Gasteiger partial charge in [0.2, 0.25) is 0 Å². The summed E-state index contributed by atoms with van der Waals surface area (Å²) in [5, 5.41) is 3.49. The highest BCUT2D eigenvalue weighted by Gasteiger charge is 2.08. The average molecular weight is 266 g/mol. The molecular weight excluding hydrogens is 253 g/mol. The van der Waals surface area contributed by atoms with Gasteiger partial charge in [-0.05, 0) is 37.1 Å². The molecule has 0 amide bonds. The quantitative estimate of drug-likeness (QED) is 0.856. The smallest absolute Gasteiger partial charge is 0.138 e. The summed E-state index contributed by atoms with van der Waals surface area (Å²) < 4.78 is 13.3. The number of hydrogen-bond donors (Lipinski definition) is 1. The van der Waals surface area contributed by atoms with Crippen LogP contribution in [0.3, 0.4) is 0 Å². The highest BCUT2D eigenvalue weighted by molar-refractivity contribution is 6.30. The first-order valence-electron chi connectivity index (χ1n) is 5.63. The van der Waals surface area contributed by atoms with Crippen LogP contribution in [0.5, 0.6) is 0 Å². The number of rotatable bonds is 3. The van der Waals surface area contributed by atoms with Crippen molar-refractivity contribution in [2.75, 3.05) is 5.32 Å². The molecule has 0 bridgehead atoms. The minimum absolute atomic E-state index is 0.282. The van der Waals surface area contributed by atoms with Crippen LogP contribution in [-0.4, -0.2) is 9.97 Å². The van der Waals surface area contributed by atoms with E-state index < -0.39 is 0 Å². The lowest BCUT2D eigenvalue weighted by Crippen LogP contribution is -2.01. The molecule has 0 radical (unpaired) electrons. The van der Waals surface area contributed by atoms with Crippen LogP contribution in [0, 0.1) is 12.7 Å². The molecule has 0 aliphatic rings. The molecule has 1 N–H and O–H groups in total. The average Bonchev–Trinajstić information content (AvgIpc) is 2.27. The summed E-state index contributed by atoms with van der Waals surface area (Å²) in [7, 11) is 0. The first-order chi connectivity index (χ1) is 8.60. The van der Waals surface area contributed by atoms with E-state index >= 15 is 0 Å². The molecule has 1 aromatic heterocycles. The lowest BCUT2D eigenvalue weighted by molar-refractivity contribution is 0.627. The van der Waals surface area contributed by atoms with Crippen LogP contribution < -0.4 is 5.32 Å². The van der Waals surface area contributed by atoms with E-state index in [2.05, 4.69) is 15.3 Å². The van der Waals surface area contributed by atoms with Crippen molar-refractivity contribution in [1.29, 1.82) is 0 Å². The second-order valence-corrected chi connectivity index (χ2v) is 4.35. The summed E-state index contributed by atoms with van der Waals surface area (Å²) in [6, 6.07) is 4.74. The Balaban J connectivity index is 2.36. The molecular formula is C13H13ClFN3. The standard InChI is InChI=1S/C13H13ClFN3/c1-3-11-12(14)16-7-17-13(11)18-10-5-8(2)4-9(15)6-10/h4-7H,3H2,1-2H3,(H,16,17,18). The lowest BCUT2D eigenvalue weighted by atomic mass is 10.2. The van der Waals surface area contributed by atoms with Gasteiger partial charge in [-0.2, -0.15) is 0 Å². The Hall–Kier alpha value is -1.68. The third-order valence-electron chi connectivity index (χ3n) is 2.55. The lowest BCUT2D eigenvalue weighted by Gasteiger charge is -2.11. The largest absolute Gasteiger partial charge is 0.340 e. The van der Waals surface area contributed by atoms with Crippen molar-refractivity contribution in [3.8, 4) is 0 Å². The van der Waals surface area contributed by atoms with E-state index in [9.17, 15) is 4.39 Å². The number of nitrogens with zero attached hydrogens (tertiary/aromatic N) is 2. The summed E-state index contributed by atoms with van der Waals surface area (Å²) in [6.45, 7) is 3.80. The molecule has 0 fully saturated rings. The Bertz CT molecular complexity index is 552. The van der Waals surface area contributed by atoms with Gasteiger partial charge in [-0.3, -0.25) is 0 Å². The van der Waals surface area contributed by atoms with E-state index in [4.69, 9.17) is 11.6 Å². The molecule has 18 heavy (non-hydrogen) atoms. The van der Waals surface area contributed by atoms with Crippen molar-refractivity contribution in [2.24, 2.45) is 0 Å². The van der Waals surface area contributed by atoms with Gasteiger partial charge in [0.25, 0.3) is 0 Å². The zero-order chi connectivity index (χ0) is 13.1. The van der Waals surface area contributed by atoms with Crippen LogP contribution >= 0.6 is 11.6 Å². The number of anilines is 2. The van der Waals surface area contributed by atoms with Crippen molar-refractivity contribution < 1.29 is 4.39 Å². The highest BCUT2D eigenvalue weighted by atomic mass is 35.5. The molecule has 94 valence electrons. The fourth-order valence-electron chi connectivity index (χ4n) is 1.76. The van der Waals surface area contributed by atoms with Crippen LogP contribution in [0.4, 0.5) is 15.9 Å². The topological polar surface area (TPSA) is 37.8 Å². The number of aromatic nitrogens is 2. The van der Waals surface area contributed by atoms with E-state index in [0.717, 1.165) is 11.1 Å². The minimum atomic E-state index is -0.282. The normalized spacial score (nSPS) is 10.4. The first-order valence-corrected chi connectivity index (χ1v) is 6.01. The molecule has 1 aromatic carbocycles. The van der Waals surface area contributed by atoms with Gasteiger partial charge in [0, 0.05) is 11.3 Å². The Morgan fingerprint density at radius 1 is 1.28 bits per heavy atom. The summed E-state index contributed by atoms with van der Waals surface area (Å²) in [5.41, 5.74) is 2.31. The molecule has 0 spiro atoms. The molecule has 2 rings (SSSR count). The van der Waals surface area contributed by atoms with Gasteiger partial charge in [0.1, 0.15) is 23.1 Å². The molecule has 1 heterocycles. The molecule has 0 saturated heterocycles. The predicted octanol–water partition coefficient (Wildman–Crippen LogP) is 3.88. The van der Waals surface area contributed by atoms with Crippen molar-refractivity contribution in [3.05, 3.63) is 46.6 Å². The van der Waals surface area contributed by atoms with Crippen molar-refractivity contribution >= 4 is 23.1 Å². The van der Waals surface area contributed by atoms with E-state index in [1.165, 1.54) is 18.5 Å². The maximum atomic E-state index is 13.3. The fraction of sp³-hybridized carbons (Fsp3) is 0.231. The zero-order valence-corrected chi connectivity index (χ0v) is 10.9. The monoisotopic (exact) mass is 265 g/mol. The molecule has 5 heteroatoms. The van der Waals surface area contributed by atoms with E-state index in [0.29, 0.717) is 23.1 Å². The van der Waals surface area contributed by atoms with Gasteiger partial charge >= 0.3 is 0 Å². The van der Waals surface area contributed by atoms with Gasteiger partial charge in [-0.25, -0.2) is 14.4 Å². The Morgan fingerprint density at radius 2 is 2.06 bits per heavy atom. The van der Waals surface area contributed by atoms with Crippen LogP contribution in [-0.2, 0) is 6.42 Å². The number of benzene rings is 1. The van der Waals surface area contributed by atoms with Crippen LogP contribution in [0.25, 0.3) is 0 Å². The molecule has 0 aliphatic carbocycles. The van der Waals surface area contributed by atoms with Crippen molar-refractivity contribution in [3.63, 3.8) is 0 Å². The maximum absolute atomic E-state index is 13.3. The SMILES string of the molecule is CCc1c(Cl)ncnc1Nc1cc(C)cc(F)c1. The van der Waals surface area contributed by atoms with Gasteiger partial charge in [-0.1, -0.05) is 18.5 Å². The Kier molecular flexibility index (Phi) is 3.77. The fourth-order valence-corrected chi connectivity index (χ4v) is 2.02. The molecule has 0 unspecified atom stereocenters. The van der Waals surface area contributed by atoms with E-state index in [-0.39, 0.29) is 5.82 Å². The second-order valence-electron chi connectivity index (χ2n) is 3.99. The minimum Gasteiger partial charge on any atom is -0.340 e. The van der Waals surface area contributed by atoms with E-state index in [1.54, 1.807) is 0 Å². The van der Waals surface area contributed by atoms with Crippen LogP contribution in [0.15, 0.2) is 24.5 Å². The second kappa shape index (κ2) is 5.31. The van der Waals surface area contributed by atoms with Crippen molar-refractivity contribution in [2.45, 2.75) is 20.3 Å². The number of halogens is 2. The number of aryl methyl sites for hydroxylation is 1. The summed E-state index contributed by atoms with van der Waals surface area (Å²) >= 11 is 5.99. The third-order valence-corrected chi connectivity index (χ3v) is 2.88. The van der Waals surface area contributed by atoms with Crippen molar-refractivity contribution in [1.82, 2.24) is 9.97 Å². The van der Waals surface area contributed by atoms with Crippen LogP contribution in [0.2, 0.25) is 5.15 Å². The maximum Gasteiger partial charge on any atom is 0.138 e. The summed E-state index contributed by atoms with van der Waals surface area (Å²) in [4.78, 5) is 8.06. The van der Waals surface area contributed by atoms with Crippen LogP contribution in [0.1, 0.15) is 18.1 Å². The zero-order valence-electron chi connectivity index (χ0n) is 10.2. The summed E-state index contributed by atoms with van der Waals surface area (Å²) in [5.74, 6) is 0.332. The molecule has 2 aromatic rings. The Morgan fingerprint density at radius 3 is 2.72 bits per heavy atom. The highest BCUT2D eigenvalue weighted by Crippen LogP contribution is 2.24. The van der Waals surface area contributed by atoms with Gasteiger partial charge in [0.15, 0.2) is 0 Å². The molecule has 0 atom stereocenters. The van der Waals surface area contributed by atoms with Gasteiger partial charge in [0.05, 0.1) is 0 Å².